The van der Waals surface area contributed by atoms with Gasteiger partial charge in [-0.05, 0) is 37.1 Å². The molecule has 106 valence electrons. The van der Waals surface area contributed by atoms with Crippen LogP contribution in [0, 0.1) is 5.92 Å². The third kappa shape index (κ3) is 4.40. The van der Waals surface area contributed by atoms with E-state index in [1.54, 1.807) is 0 Å². The minimum Gasteiger partial charge on any atom is -0.494 e. The molecule has 1 aliphatic rings. The Hall–Kier alpha value is -1.26. The van der Waals surface area contributed by atoms with Gasteiger partial charge < -0.3 is 19.9 Å². The van der Waals surface area contributed by atoms with E-state index in [1.807, 2.05) is 24.3 Å². The lowest BCUT2D eigenvalue weighted by Crippen LogP contribution is -2.36. The summed E-state index contributed by atoms with van der Waals surface area (Å²) in [6, 6.07) is 7.73. The maximum Gasteiger partial charge on any atom is 0.119 e. The molecule has 2 rings (SSSR count). The first kappa shape index (κ1) is 14.2. The van der Waals surface area contributed by atoms with E-state index in [4.69, 9.17) is 19.9 Å². The van der Waals surface area contributed by atoms with E-state index in [2.05, 4.69) is 6.92 Å². The van der Waals surface area contributed by atoms with E-state index in [0.717, 1.165) is 44.2 Å². The SMILES string of the molecule is CCCOc1ccc(OCC(N)C2CCOC2)cc1. The molecule has 2 N–H and O–H groups in total. The van der Waals surface area contributed by atoms with Crippen molar-refractivity contribution in [2.75, 3.05) is 26.4 Å². The summed E-state index contributed by atoms with van der Waals surface area (Å²) in [6.07, 6.45) is 2.05. The Balaban J connectivity index is 1.75. The first-order chi connectivity index (χ1) is 9.29. The highest BCUT2D eigenvalue weighted by Crippen LogP contribution is 2.20. The van der Waals surface area contributed by atoms with Crippen LogP contribution in [-0.2, 0) is 4.74 Å². The highest BCUT2D eigenvalue weighted by atomic mass is 16.5. The van der Waals surface area contributed by atoms with E-state index in [9.17, 15) is 0 Å². The van der Waals surface area contributed by atoms with Gasteiger partial charge >= 0.3 is 0 Å². The van der Waals surface area contributed by atoms with E-state index in [-0.39, 0.29) is 6.04 Å². The van der Waals surface area contributed by atoms with Gasteiger partial charge in [0.25, 0.3) is 0 Å². The Kier molecular flexibility index (Phi) is 5.48. The third-order valence-corrected chi connectivity index (χ3v) is 3.31. The third-order valence-electron chi connectivity index (χ3n) is 3.31. The second-order valence-corrected chi connectivity index (χ2v) is 4.92. The number of hydrogen-bond donors (Lipinski definition) is 1. The van der Waals surface area contributed by atoms with Gasteiger partial charge in [-0.3, -0.25) is 0 Å². The Labute approximate surface area is 114 Å². The molecule has 1 aromatic rings. The average molecular weight is 265 g/mol. The molecular formula is C15H23NO3. The van der Waals surface area contributed by atoms with Crippen molar-refractivity contribution in [2.24, 2.45) is 11.7 Å². The molecule has 0 aliphatic carbocycles. The highest BCUT2D eigenvalue weighted by molar-refractivity contribution is 5.31. The summed E-state index contributed by atoms with van der Waals surface area (Å²) in [5.41, 5.74) is 6.09. The van der Waals surface area contributed by atoms with Crippen molar-refractivity contribution in [3.8, 4) is 11.5 Å². The minimum atomic E-state index is 0.0403. The molecule has 0 aromatic heterocycles. The van der Waals surface area contributed by atoms with Crippen LogP contribution in [0.25, 0.3) is 0 Å². The molecule has 1 aromatic carbocycles. The van der Waals surface area contributed by atoms with Crippen LogP contribution in [0.5, 0.6) is 11.5 Å². The lowest BCUT2D eigenvalue weighted by Gasteiger charge is -2.18. The van der Waals surface area contributed by atoms with Crippen LogP contribution in [-0.4, -0.2) is 32.5 Å². The first-order valence-corrected chi connectivity index (χ1v) is 6.98. The van der Waals surface area contributed by atoms with Crippen molar-refractivity contribution in [3.05, 3.63) is 24.3 Å². The summed E-state index contributed by atoms with van der Waals surface area (Å²) in [5.74, 6) is 2.13. The number of hydrogen-bond acceptors (Lipinski definition) is 4. The van der Waals surface area contributed by atoms with Crippen molar-refractivity contribution in [3.63, 3.8) is 0 Å². The fraction of sp³-hybridized carbons (Fsp3) is 0.600. The fourth-order valence-electron chi connectivity index (χ4n) is 2.07. The zero-order valence-electron chi connectivity index (χ0n) is 11.5. The van der Waals surface area contributed by atoms with Crippen LogP contribution in [0.4, 0.5) is 0 Å². The zero-order valence-corrected chi connectivity index (χ0v) is 11.5. The van der Waals surface area contributed by atoms with Gasteiger partial charge in [0, 0.05) is 18.6 Å². The average Bonchev–Trinajstić information content (AvgIpc) is 2.98. The highest BCUT2D eigenvalue weighted by Gasteiger charge is 2.23. The molecule has 4 nitrogen and oxygen atoms in total. The molecule has 1 saturated heterocycles. The summed E-state index contributed by atoms with van der Waals surface area (Å²) in [4.78, 5) is 0. The second kappa shape index (κ2) is 7.36. The Morgan fingerprint density at radius 3 is 2.53 bits per heavy atom. The van der Waals surface area contributed by atoms with Crippen molar-refractivity contribution in [1.29, 1.82) is 0 Å². The minimum absolute atomic E-state index is 0.0403. The molecule has 1 fully saturated rings. The molecule has 4 heteroatoms. The van der Waals surface area contributed by atoms with Crippen LogP contribution in [0.15, 0.2) is 24.3 Å². The van der Waals surface area contributed by atoms with Gasteiger partial charge in [0.1, 0.15) is 18.1 Å². The van der Waals surface area contributed by atoms with Gasteiger partial charge in [-0.25, -0.2) is 0 Å². The fourth-order valence-corrected chi connectivity index (χ4v) is 2.07. The molecular weight excluding hydrogens is 242 g/mol. The Bertz CT molecular complexity index is 360. The largest absolute Gasteiger partial charge is 0.494 e. The predicted octanol–water partition coefficient (Wildman–Crippen LogP) is 2.22. The van der Waals surface area contributed by atoms with Gasteiger partial charge in [-0.2, -0.15) is 0 Å². The topological polar surface area (TPSA) is 53.7 Å². The summed E-state index contributed by atoms with van der Waals surface area (Å²) in [7, 11) is 0. The van der Waals surface area contributed by atoms with Gasteiger partial charge in [-0.1, -0.05) is 6.92 Å². The lowest BCUT2D eigenvalue weighted by molar-refractivity contribution is 0.170. The monoisotopic (exact) mass is 265 g/mol. The summed E-state index contributed by atoms with van der Waals surface area (Å²) in [5, 5.41) is 0. The number of benzene rings is 1. The first-order valence-electron chi connectivity index (χ1n) is 6.98. The van der Waals surface area contributed by atoms with Crippen molar-refractivity contribution < 1.29 is 14.2 Å². The molecule has 2 unspecified atom stereocenters. The van der Waals surface area contributed by atoms with Gasteiger partial charge in [-0.15, -0.1) is 0 Å². The molecule has 0 radical (unpaired) electrons. The molecule has 1 aliphatic heterocycles. The molecule has 0 spiro atoms. The molecule has 0 bridgehead atoms. The molecule has 19 heavy (non-hydrogen) atoms. The summed E-state index contributed by atoms with van der Waals surface area (Å²) >= 11 is 0. The summed E-state index contributed by atoms with van der Waals surface area (Å²) < 4.78 is 16.6. The van der Waals surface area contributed by atoms with E-state index < -0.39 is 0 Å². The van der Waals surface area contributed by atoms with Crippen molar-refractivity contribution >= 4 is 0 Å². The summed E-state index contributed by atoms with van der Waals surface area (Å²) in [6.45, 7) is 4.94. The van der Waals surface area contributed by atoms with Crippen LogP contribution >= 0.6 is 0 Å². The zero-order chi connectivity index (χ0) is 13.5. The lowest BCUT2D eigenvalue weighted by atomic mass is 10.0. The van der Waals surface area contributed by atoms with Crippen molar-refractivity contribution in [2.45, 2.75) is 25.8 Å². The van der Waals surface area contributed by atoms with E-state index in [0.29, 0.717) is 12.5 Å². The van der Waals surface area contributed by atoms with Crippen LogP contribution in [0.1, 0.15) is 19.8 Å². The van der Waals surface area contributed by atoms with Gasteiger partial charge in [0.05, 0.1) is 13.2 Å². The van der Waals surface area contributed by atoms with E-state index in [1.165, 1.54) is 0 Å². The quantitative estimate of drug-likeness (QED) is 0.821. The normalized spacial score (nSPS) is 20.2. The van der Waals surface area contributed by atoms with E-state index >= 15 is 0 Å². The Morgan fingerprint density at radius 2 is 1.95 bits per heavy atom. The second-order valence-electron chi connectivity index (χ2n) is 4.92. The Morgan fingerprint density at radius 1 is 1.26 bits per heavy atom. The van der Waals surface area contributed by atoms with Gasteiger partial charge in [0.2, 0.25) is 0 Å². The predicted molar refractivity (Wildman–Crippen MR) is 74.6 cm³/mol. The van der Waals surface area contributed by atoms with Gasteiger partial charge in [0.15, 0.2) is 0 Å². The molecule has 1 heterocycles. The smallest absolute Gasteiger partial charge is 0.119 e. The van der Waals surface area contributed by atoms with Crippen LogP contribution in [0.2, 0.25) is 0 Å². The van der Waals surface area contributed by atoms with Crippen molar-refractivity contribution in [1.82, 2.24) is 0 Å². The number of rotatable bonds is 7. The maximum absolute atomic E-state index is 6.09. The molecule has 0 amide bonds. The maximum atomic E-state index is 6.09. The van der Waals surface area contributed by atoms with Crippen LogP contribution in [0.3, 0.4) is 0 Å². The number of ether oxygens (including phenoxy) is 3. The standard InChI is InChI=1S/C15H23NO3/c1-2-8-18-13-3-5-14(6-4-13)19-11-15(16)12-7-9-17-10-12/h3-6,12,15H,2,7-11,16H2,1H3. The molecule has 2 atom stereocenters. The number of nitrogens with two attached hydrogens (primary N) is 1. The van der Waals surface area contributed by atoms with Crippen LogP contribution < -0.4 is 15.2 Å². The molecule has 0 saturated carbocycles.